The predicted molar refractivity (Wildman–Crippen MR) is 87.3 cm³/mol. The van der Waals surface area contributed by atoms with Gasteiger partial charge in [0, 0.05) is 0 Å². The van der Waals surface area contributed by atoms with Crippen LogP contribution in [0.15, 0.2) is 70.2 Å². The molecule has 8 heteroatoms. The average molecular weight is 324 g/mol. The van der Waals surface area contributed by atoms with E-state index in [0.29, 0.717) is 16.9 Å². The fraction of sp³-hybridized carbons (Fsp3) is 0. The smallest absolute Gasteiger partial charge is 0.226 e. The second-order valence-electron chi connectivity index (χ2n) is 4.89. The number of ketones is 2. The lowest BCUT2D eigenvalue weighted by Gasteiger charge is -2.28. The van der Waals surface area contributed by atoms with Gasteiger partial charge in [0.05, 0.1) is 30.0 Å². The highest BCUT2D eigenvalue weighted by molar-refractivity contribution is 6.47. The molecule has 0 fully saturated rings. The first kappa shape index (κ1) is 15.5. The lowest BCUT2D eigenvalue weighted by Crippen LogP contribution is -2.28. The third-order valence-corrected chi connectivity index (χ3v) is 3.29. The van der Waals surface area contributed by atoms with Gasteiger partial charge < -0.3 is 0 Å². The van der Waals surface area contributed by atoms with E-state index in [0.717, 1.165) is 22.3 Å². The van der Waals surface area contributed by atoms with Crippen LogP contribution in [0.4, 0.5) is 11.4 Å². The quantitative estimate of drug-likeness (QED) is 0.379. The summed E-state index contributed by atoms with van der Waals surface area (Å²) in [4.78, 5) is 22.2. The van der Waals surface area contributed by atoms with Crippen molar-refractivity contribution in [2.24, 2.45) is 10.2 Å². The highest BCUT2D eigenvalue weighted by atomic mass is 16.5. The highest BCUT2D eigenvalue weighted by Crippen LogP contribution is 2.33. The van der Waals surface area contributed by atoms with Gasteiger partial charge in [0.25, 0.3) is 0 Å². The Morgan fingerprint density at radius 1 is 0.917 bits per heavy atom. The molecule has 0 bridgehead atoms. The number of fused-ring (bicyclic) bond motifs is 1. The summed E-state index contributed by atoms with van der Waals surface area (Å²) >= 11 is 0. The average Bonchev–Trinajstić information content (AvgIpc) is 2.59. The molecule has 2 N–H and O–H groups in total. The molecule has 24 heavy (non-hydrogen) atoms. The zero-order valence-electron chi connectivity index (χ0n) is 12.3. The van der Waals surface area contributed by atoms with Crippen LogP contribution in [-0.2, 0) is 9.59 Å². The van der Waals surface area contributed by atoms with Crippen LogP contribution in [0.1, 0.15) is 0 Å². The Bertz CT molecular complexity index is 851. The van der Waals surface area contributed by atoms with Crippen molar-refractivity contribution >= 4 is 35.4 Å². The standard InChI is InChI=1S/C16H12N4O4/c21-15-6-5-11(7-16(15)22)8-17-18-9-12-10-19(23)13-3-1-2-4-14(13)20(12)24/h1-10,23-24H/b17-8+,18-9+. The third-order valence-electron chi connectivity index (χ3n) is 3.29. The van der Waals surface area contributed by atoms with Crippen LogP contribution >= 0.6 is 0 Å². The minimum atomic E-state index is -0.619. The summed E-state index contributed by atoms with van der Waals surface area (Å²) < 4.78 is 0. The first-order chi connectivity index (χ1) is 11.6. The number of hydroxylamine groups is 2. The Morgan fingerprint density at radius 3 is 2.38 bits per heavy atom. The number of carbonyl (C=O) groups excluding carboxylic acids is 2. The second-order valence-corrected chi connectivity index (χ2v) is 4.89. The van der Waals surface area contributed by atoms with Gasteiger partial charge in [0.1, 0.15) is 5.70 Å². The van der Waals surface area contributed by atoms with E-state index in [1.165, 1.54) is 24.7 Å². The molecule has 0 atom stereocenters. The van der Waals surface area contributed by atoms with E-state index >= 15 is 0 Å². The molecule has 0 saturated heterocycles. The van der Waals surface area contributed by atoms with Crippen molar-refractivity contribution in [1.82, 2.24) is 0 Å². The van der Waals surface area contributed by atoms with Crippen LogP contribution in [-0.4, -0.2) is 34.4 Å². The number of rotatable bonds is 3. The number of hydrogen-bond acceptors (Lipinski definition) is 8. The number of para-hydroxylation sites is 2. The summed E-state index contributed by atoms with van der Waals surface area (Å²) in [5.41, 5.74) is 1.42. The lowest BCUT2D eigenvalue weighted by atomic mass is 10.1. The van der Waals surface area contributed by atoms with E-state index < -0.39 is 11.6 Å². The van der Waals surface area contributed by atoms with E-state index in [4.69, 9.17) is 0 Å². The van der Waals surface area contributed by atoms with Gasteiger partial charge in [-0.05, 0) is 35.9 Å². The Labute approximate surface area is 136 Å². The number of nitrogens with zero attached hydrogens (tertiary/aromatic N) is 4. The normalized spacial score (nSPS) is 17.6. The molecule has 1 aliphatic carbocycles. The highest BCUT2D eigenvalue weighted by Gasteiger charge is 2.21. The number of benzene rings is 1. The van der Waals surface area contributed by atoms with Crippen molar-refractivity contribution in [3.05, 3.63) is 60.0 Å². The maximum absolute atomic E-state index is 11.2. The number of anilines is 2. The molecule has 1 aromatic carbocycles. The van der Waals surface area contributed by atoms with E-state index in [2.05, 4.69) is 10.2 Å². The Hall–Kier alpha value is -3.36. The third kappa shape index (κ3) is 3.05. The summed E-state index contributed by atoms with van der Waals surface area (Å²) in [6, 6.07) is 6.71. The molecule has 0 unspecified atom stereocenters. The summed E-state index contributed by atoms with van der Waals surface area (Å²) in [5, 5.41) is 29.3. The van der Waals surface area contributed by atoms with Crippen LogP contribution in [0.25, 0.3) is 0 Å². The zero-order valence-corrected chi connectivity index (χ0v) is 12.3. The molecule has 1 heterocycles. The first-order valence-electron chi connectivity index (χ1n) is 6.89. The van der Waals surface area contributed by atoms with Crippen LogP contribution in [0.5, 0.6) is 0 Å². The summed E-state index contributed by atoms with van der Waals surface area (Å²) in [6.45, 7) is 0. The molecular weight excluding hydrogens is 312 g/mol. The van der Waals surface area contributed by atoms with E-state index in [9.17, 15) is 20.0 Å². The SMILES string of the molecule is O=C1C=CC(/C=N/N=C/C2=CN(O)c3ccccc3N2O)=CC1=O. The molecule has 1 aromatic rings. The summed E-state index contributed by atoms with van der Waals surface area (Å²) in [7, 11) is 0. The van der Waals surface area contributed by atoms with Crippen LogP contribution in [0, 0.1) is 0 Å². The maximum Gasteiger partial charge on any atom is 0.226 e. The van der Waals surface area contributed by atoms with Crippen molar-refractivity contribution in [2.45, 2.75) is 0 Å². The largest absolute Gasteiger partial charge is 0.286 e. The van der Waals surface area contributed by atoms with Crippen molar-refractivity contribution < 1.29 is 20.0 Å². The lowest BCUT2D eigenvalue weighted by molar-refractivity contribution is -0.131. The molecule has 0 amide bonds. The monoisotopic (exact) mass is 324 g/mol. The van der Waals surface area contributed by atoms with Gasteiger partial charge in [-0.1, -0.05) is 12.1 Å². The van der Waals surface area contributed by atoms with Crippen molar-refractivity contribution in [2.75, 3.05) is 10.1 Å². The van der Waals surface area contributed by atoms with Crippen LogP contribution in [0.3, 0.4) is 0 Å². The minimum Gasteiger partial charge on any atom is -0.286 e. The fourth-order valence-electron chi connectivity index (χ4n) is 2.11. The van der Waals surface area contributed by atoms with E-state index in [-0.39, 0.29) is 5.70 Å². The Balaban J connectivity index is 1.73. The predicted octanol–water partition coefficient (Wildman–Crippen LogP) is 1.62. The van der Waals surface area contributed by atoms with Gasteiger partial charge in [-0.15, -0.1) is 0 Å². The van der Waals surface area contributed by atoms with Gasteiger partial charge in [-0.25, -0.2) is 10.1 Å². The Kier molecular flexibility index (Phi) is 4.15. The molecule has 0 aromatic heterocycles. The van der Waals surface area contributed by atoms with Crippen molar-refractivity contribution in [3.8, 4) is 0 Å². The number of carbonyl (C=O) groups is 2. The molecule has 120 valence electrons. The molecule has 2 aliphatic rings. The topological polar surface area (TPSA) is 106 Å². The molecule has 3 rings (SSSR count). The molecule has 0 saturated carbocycles. The number of hydrogen-bond donors (Lipinski definition) is 2. The van der Waals surface area contributed by atoms with Gasteiger partial charge in [-0.3, -0.25) is 20.0 Å². The molecule has 1 aliphatic heterocycles. The van der Waals surface area contributed by atoms with Gasteiger partial charge >= 0.3 is 0 Å². The molecular formula is C16H12N4O4. The summed E-state index contributed by atoms with van der Waals surface area (Å²) in [6.07, 6.45) is 7.57. The molecule has 8 nitrogen and oxygen atoms in total. The zero-order chi connectivity index (χ0) is 17.1. The van der Waals surface area contributed by atoms with E-state index in [1.54, 1.807) is 24.3 Å². The van der Waals surface area contributed by atoms with Crippen LogP contribution in [0.2, 0.25) is 0 Å². The minimum absolute atomic E-state index is 0.188. The fourth-order valence-corrected chi connectivity index (χ4v) is 2.11. The maximum atomic E-state index is 11.2. The number of allylic oxidation sites excluding steroid dienone is 5. The molecule has 0 radical (unpaired) electrons. The van der Waals surface area contributed by atoms with Crippen molar-refractivity contribution in [1.29, 1.82) is 0 Å². The summed E-state index contributed by atoms with van der Waals surface area (Å²) in [5.74, 6) is -1.20. The first-order valence-corrected chi connectivity index (χ1v) is 6.89. The molecule has 0 spiro atoms. The van der Waals surface area contributed by atoms with Gasteiger partial charge in [-0.2, -0.15) is 10.2 Å². The van der Waals surface area contributed by atoms with Gasteiger partial charge in [0.15, 0.2) is 0 Å². The Morgan fingerprint density at radius 2 is 1.62 bits per heavy atom. The van der Waals surface area contributed by atoms with E-state index in [1.807, 2.05) is 0 Å². The second kappa shape index (κ2) is 6.41. The van der Waals surface area contributed by atoms with Crippen LogP contribution < -0.4 is 10.1 Å². The van der Waals surface area contributed by atoms with Crippen molar-refractivity contribution in [3.63, 3.8) is 0 Å². The van der Waals surface area contributed by atoms with Gasteiger partial charge in [0.2, 0.25) is 11.6 Å².